The predicted molar refractivity (Wildman–Crippen MR) is 99.9 cm³/mol. The lowest BCUT2D eigenvalue weighted by Crippen LogP contribution is -2.07. The maximum atomic E-state index is 12.2. The van der Waals surface area contributed by atoms with Gasteiger partial charge >= 0.3 is 5.97 Å². The van der Waals surface area contributed by atoms with Gasteiger partial charge in [-0.2, -0.15) is 5.26 Å². The zero-order chi connectivity index (χ0) is 17.8. The quantitative estimate of drug-likeness (QED) is 0.427. The summed E-state index contributed by atoms with van der Waals surface area (Å²) in [5, 5.41) is 9.26. The van der Waals surface area contributed by atoms with Crippen molar-refractivity contribution in [2.24, 2.45) is 0 Å². The third kappa shape index (κ3) is 3.82. The number of para-hydroxylation sites is 1. The van der Waals surface area contributed by atoms with E-state index in [-0.39, 0.29) is 10.1 Å². The zero-order valence-electron chi connectivity index (χ0n) is 13.1. The fourth-order valence-electron chi connectivity index (χ4n) is 2.15. The molecule has 0 saturated carbocycles. The van der Waals surface area contributed by atoms with Gasteiger partial charge in [0.25, 0.3) is 5.19 Å². The normalized spacial score (nSPS) is 11.2. The Morgan fingerprint density at radius 2 is 2.12 bits per heavy atom. The summed E-state index contributed by atoms with van der Waals surface area (Å²) in [7, 11) is 1.51. The number of nitrogens with zero attached hydrogens (tertiary/aromatic N) is 2. The van der Waals surface area contributed by atoms with Gasteiger partial charge in [-0.1, -0.05) is 23.5 Å². The number of rotatable bonds is 4. The molecule has 0 aliphatic heterocycles. The molecule has 7 heteroatoms. The van der Waals surface area contributed by atoms with E-state index in [0.29, 0.717) is 16.9 Å². The first-order valence-electron chi connectivity index (χ1n) is 7.17. The van der Waals surface area contributed by atoms with Gasteiger partial charge in [-0.15, -0.1) is 12.6 Å². The smallest absolute Gasteiger partial charge is 0.351 e. The number of carbonyl (C=O) groups is 1. The number of fused-ring (bicyclic) bond motifs is 1. The molecule has 0 N–H and O–H groups in total. The molecule has 2 aromatic carbocycles. The summed E-state index contributed by atoms with van der Waals surface area (Å²) in [5.74, 6) is -0.106. The molecule has 5 nitrogen and oxygen atoms in total. The van der Waals surface area contributed by atoms with Crippen molar-refractivity contribution >= 4 is 46.2 Å². The first-order valence-corrected chi connectivity index (χ1v) is 8.43. The topological polar surface area (TPSA) is 72.2 Å². The molecular formula is C18H12N2O3S2. The van der Waals surface area contributed by atoms with Crippen LogP contribution in [0.5, 0.6) is 10.9 Å². The van der Waals surface area contributed by atoms with Gasteiger partial charge in [-0.25, -0.2) is 9.78 Å². The molecule has 0 saturated heterocycles. The highest BCUT2D eigenvalue weighted by Gasteiger charge is 2.14. The van der Waals surface area contributed by atoms with Crippen LogP contribution in [0, 0.1) is 11.3 Å². The molecule has 3 aromatic rings. The number of hydrogen-bond acceptors (Lipinski definition) is 7. The van der Waals surface area contributed by atoms with E-state index in [2.05, 4.69) is 17.6 Å². The molecule has 1 aromatic heterocycles. The number of hydrogen-bond donors (Lipinski definition) is 1. The van der Waals surface area contributed by atoms with E-state index < -0.39 is 5.97 Å². The minimum absolute atomic E-state index is 0.0765. The standard InChI is InChI=1S/C18H12N2O3S2/c1-22-14-7-6-11(10-19)8-12(14)9-15(24)17(21)23-18-20-13-4-2-3-5-16(13)25-18/h2-9,24H,1H3/b15-9-. The van der Waals surface area contributed by atoms with Gasteiger partial charge in [0.05, 0.1) is 33.9 Å². The second kappa shape index (κ2) is 7.38. The Kier molecular flexibility index (Phi) is 5.03. The van der Waals surface area contributed by atoms with E-state index in [4.69, 9.17) is 14.7 Å². The summed E-state index contributed by atoms with van der Waals surface area (Å²) < 4.78 is 11.4. The number of nitriles is 1. The predicted octanol–water partition coefficient (Wildman–Crippen LogP) is 4.05. The Hall–Kier alpha value is -2.82. The molecule has 25 heavy (non-hydrogen) atoms. The lowest BCUT2D eigenvalue weighted by Gasteiger charge is -2.06. The molecule has 0 unspecified atom stereocenters. The van der Waals surface area contributed by atoms with Gasteiger partial charge in [-0.3, -0.25) is 0 Å². The van der Waals surface area contributed by atoms with E-state index in [9.17, 15) is 4.79 Å². The fraction of sp³-hybridized carbons (Fsp3) is 0.0556. The second-order valence-electron chi connectivity index (χ2n) is 4.94. The van der Waals surface area contributed by atoms with Crippen LogP contribution in [0.1, 0.15) is 11.1 Å². The third-order valence-electron chi connectivity index (χ3n) is 3.31. The average Bonchev–Trinajstić information content (AvgIpc) is 3.03. The average molecular weight is 368 g/mol. The molecular weight excluding hydrogens is 356 g/mol. The number of thiol groups is 1. The molecule has 0 aliphatic rings. The molecule has 0 spiro atoms. The van der Waals surface area contributed by atoms with E-state index in [0.717, 1.165) is 10.2 Å². The minimum atomic E-state index is -0.633. The Morgan fingerprint density at radius 1 is 1.32 bits per heavy atom. The molecule has 0 atom stereocenters. The number of carbonyl (C=O) groups excluding carboxylic acids is 1. The minimum Gasteiger partial charge on any atom is -0.496 e. The first kappa shape index (κ1) is 17.0. The van der Waals surface area contributed by atoms with Crippen LogP contribution < -0.4 is 9.47 Å². The number of ether oxygens (including phenoxy) is 2. The molecule has 0 aliphatic carbocycles. The van der Waals surface area contributed by atoms with Crippen LogP contribution >= 0.6 is 24.0 Å². The lowest BCUT2D eigenvalue weighted by atomic mass is 10.1. The summed E-state index contributed by atoms with van der Waals surface area (Å²) in [6.07, 6.45) is 1.50. The molecule has 0 amide bonds. The highest BCUT2D eigenvalue weighted by atomic mass is 32.1. The number of thiazole rings is 1. The van der Waals surface area contributed by atoms with E-state index in [1.165, 1.54) is 24.5 Å². The van der Waals surface area contributed by atoms with E-state index in [1.54, 1.807) is 18.2 Å². The van der Waals surface area contributed by atoms with Gasteiger partial charge in [0.2, 0.25) is 0 Å². The Bertz CT molecular complexity index is 986. The number of methoxy groups -OCH3 is 1. The first-order chi connectivity index (χ1) is 12.1. The molecule has 124 valence electrons. The van der Waals surface area contributed by atoms with Gasteiger partial charge in [-0.05, 0) is 36.4 Å². The summed E-state index contributed by atoms with van der Waals surface area (Å²) in [4.78, 5) is 16.6. The number of esters is 1. The Labute approximate surface area is 153 Å². The highest BCUT2D eigenvalue weighted by molar-refractivity contribution is 7.85. The van der Waals surface area contributed by atoms with Gasteiger partial charge in [0, 0.05) is 5.56 Å². The summed E-state index contributed by atoms with van der Waals surface area (Å²) >= 11 is 5.48. The molecule has 0 bridgehead atoms. The van der Waals surface area contributed by atoms with Crippen molar-refractivity contribution in [2.75, 3.05) is 7.11 Å². The van der Waals surface area contributed by atoms with Crippen LogP contribution in [0.3, 0.4) is 0 Å². The molecule has 0 radical (unpaired) electrons. The summed E-state index contributed by atoms with van der Waals surface area (Å²) in [5.41, 5.74) is 1.78. The lowest BCUT2D eigenvalue weighted by molar-refractivity contribution is -0.129. The Balaban J connectivity index is 1.84. The monoisotopic (exact) mass is 368 g/mol. The van der Waals surface area contributed by atoms with E-state index >= 15 is 0 Å². The third-order valence-corrected chi connectivity index (χ3v) is 4.54. The number of aromatic nitrogens is 1. The largest absolute Gasteiger partial charge is 0.496 e. The van der Waals surface area contributed by atoms with Crippen LogP contribution in [-0.2, 0) is 4.79 Å². The van der Waals surface area contributed by atoms with Crippen molar-refractivity contribution in [3.05, 3.63) is 58.5 Å². The number of benzene rings is 2. The van der Waals surface area contributed by atoms with Crippen LogP contribution in [-0.4, -0.2) is 18.1 Å². The SMILES string of the molecule is COc1ccc(C#N)cc1/C=C(\S)C(=O)Oc1nc2ccccc2s1. The van der Waals surface area contributed by atoms with Crippen LogP contribution in [0.15, 0.2) is 47.4 Å². The zero-order valence-corrected chi connectivity index (χ0v) is 14.8. The van der Waals surface area contributed by atoms with Crippen molar-refractivity contribution in [3.8, 4) is 17.0 Å². The van der Waals surface area contributed by atoms with Crippen molar-refractivity contribution in [2.45, 2.75) is 0 Å². The molecule has 3 rings (SSSR count). The maximum absolute atomic E-state index is 12.2. The van der Waals surface area contributed by atoms with Gasteiger partial charge < -0.3 is 9.47 Å². The van der Waals surface area contributed by atoms with Crippen molar-refractivity contribution in [1.82, 2.24) is 4.98 Å². The summed E-state index contributed by atoms with van der Waals surface area (Å²) in [6.45, 7) is 0. The van der Waals surface area contributed by atoms with Gasteiger partial charge in [0.1, 0.15) is 5.75 Å². The van der Waals surface area contributed by atoms with Crippen LogP contribution in [0.25, 0.3) is 16.3 Å². The van der Waals surface area contributed by atoms with E-state index in [1.807, 2.05) is 30.3 Å². The molecule has 1 heterocycles. The van der Waals surface area contributed by atoms with Crippen LogP contribution in [0.2, 0.25) is 0 Å². The van der Waals surface area contributed by atoms with Crippen molar-refractivity contribution < 1.29 is 14.3 Å². The summed E-state index contributed by atoms with van der Waals surface area (Å²) in [6, 6.07) is 14.5. The van der Waals surface area contributed by atoms with Crippen molar-refractivity contribution in [1.29, 1.82) is 5.26 Å². The van der Waals surface area contributed by atoms with Crippen molar-refractivity contribution in [3.63, 3.8) is 0 Å². The fourth-order valence-corrected chi connectivity index (χ4v) is 3.15. The maximum Gasteiger partial charge on any atom is 0.351 e. The molecule has 0 fully saturated rings. The van der Waals surface area contributed by atoms with Crippen LogP contribution in [0.4, 0.5) is 0 Å². The van der Waals surface area contributed by atoms with Gasteiger partial charge in [0.15, 0.2) is 0 Å². The highest BCUT2D eigenvalue weighted by Crippen LogP contribution is 2.29. The second-order valence-corrected chi connectivity index (χ2v) is 6.41. The Morgan fingerprint density at radius 3 is 2.84 bits per heavy atom.